The fraction of sp³-hybridized carbons (Fsp3) is 0.333. The summed E-state index contributed by atoms with van der Waals surface area (Å²) in [4.78, 5) is 31.1. The van der Waals surface area contributed by atoms with Crippen LogP contribution in [0, 0.1) is 0 Å². The molecular formula is C30H32N4O5. The van der Waals surface area contributed by atoms with E-state index >= 15 is 0 Å². The van der Waals surface area contributed by atoms with Crippen molar-refractivity contribution in [3.05, 3.63) is 82.9 Å². The Labute approximate surface area is 227 Å². The van der Waals surface area contributed by atoms with Gasteiger partial charge in [0.25, 0.3) is 11.8 Å². The van der Waals surface area contributed by atoms with Crippen LogP contribution in [0.1, 0.15) is 31.8 Å². The second-order valence-electron chi connectivity index (χ2n) is 9.90. The third kappa shape index (κ3) is 5.69. The molecule has 9 nitrogen and oxygen atoms in total. The summed E-state index contributed by atoms with van der Waals surface area (Å²) in [6.45, 7) is 6.18. The number of fused-ring (bicyclic) bond motifs is 2. The minimum Gasteiger partial charge on any atom is -0.454 e. The van der Waals surface area contributed by atoms with Crippen molar-refractivity contribution in [1.82, 2.24) is 10.2 Å². The van der Waals surface area contributed by atoms with Gasteiger partial charge in [-0.1, -0.05) is 24.3 Å². The van der Waals surface area contributed by atoms with Crippen LogP contribution < -0.4 is 25.0 Å². The van der Waals surface area contributed by atoms with Crippen molar-refractivity contribution in [3.63, 3.8) is 0 Å². The summed E-state index contributed by atoms with van der Waals surface area (Å²) >= 11 is 0. The first-order chi connectivity index (χ1) is 19.1. The molecule has 1 saturated heterocycles. The standard InChI is InChI=1S/C30H32N4O5/c35-29(22-5-8-27-28(17-22)39-20-38-27)32-24-6-7-26(34-11-9-21-3-1-2-4-23(21)19-34)25(18-24)30(36)31-10-12-33-13-15-37-16-14-33/h1-8,17-18H,9-16,19-20H2,(H,31,36)(H,32,35). The van der Waals surface area contributed by atoms with Crippen LogP contribution in [0.4, 0.5) is 11.4 Å². The van der Waals surface area contributed by atoms with Crippen LogP contribution in [-0.4, -0.2) is 69.4 Å². The normalized spacial score (nSPS) is 16.5. The minimum absolute atomic E-state index is 0.146. The molecule has 39 heavy (non-hydrogen) atoms. The number of hydrogen-bond acceptors (Lipinski definition) is 7. The molecule has 9 heteroatoms. The maximum atomic E-state index is 13.5. The summed E-state index contributed by atoms with van der Waals surface area (Å²) in [7, 11) is 0. The van der Waals surface area contributed by atoms with Gasteiger partial charge in [-0.05, 0) is 53.9 Å². The number of morpholine rings is 1. The molecule has 0 unspecified atom stereocenters. The molecule has 0 bridgehead atoms. The first-order valence-electron chi connectivity index (χ1n) is 13.4. The Morgan fingerprint density at radius 2 is 1.67 bits per heavy atom. The third-order valence-corrected chi connectivity index (χ3v) is 7.42. The number of ether oxygens (including phenoxy) is 3. The highest BCUT2D eigenvalue weighted by atomic mass is 16.7. The quantitative estimate of drug-likeness (QED) is 0.486. The average molecular weight is 529 g/mol. The SMILES string of the molecule is O=C(Nc1ccc(N2CCc3ccccc3C2)c(C(=O)NCCN2CCOCC2)c1)c1ccc2c(c1)OCO2. The second kappa shape index (κ2) is 11.3. The Hall–Kier alpha value is -4.08. The van der Waals surface area contributed by atoms with Gasteiger partial charge in [-0.2, -0.15) is 0 Å². The topological polar surface area (TPSA) is 92.4 Å². The van der Waals surface area contributed by atoms with Gasteiger partial charge >= 0.3 is 0 Å². The van der Waals surface area contributed by atoms with E-state index in [1.807, 2.05) is 12.1 Å². The van der Waals surface area contributed by atoms with E-state index < -0.39 is 0 Å². The Morgan fingerprint density at radius 1 is 0.846 bits per heavy atom. The maximum Gasteiger partial charge on any atom is 0.255 e. The molecule has 2 amide bonds. The summed E-state index contributed by atoms with van der Waals surface area (Å²) in [5.41, 5.74) is 5.01. The number of rotatable bonds is 7. The monoisotopic (exact) mass is 528 g/mol. The van der Waals surface area contributed by atoms with Gasteiger partial charge in [0.2, 0.25) is 6.79 Å². The molecule has 0 radical (unpaired) electrons. The van der Waals surface area contributed by atoms with E-state index in [-0.39, 0.29) is 18.6 Å². The van der Waals surface area contributed by atoms with Gasteiger partial charge in [-0.3, -0.25) is 14.5 Å². The molecule has 0 saturated carbocycles. The summed E-state index contributed by atoms with van der Waals surface area (Å²) in [6, 6.07) is 19.1. The Morgan fingerprint density at radius 3 is 2.54 bits per heavy atom. The molecule has 0 aliphatic carbocycles. The van der Waals surface area contributed by atoms with Crippen LogP contribution in [0.25, 0.3) is 0 Å². The summed E-state index contributed by atoms with van der Waals surface area (Å²) in [5, 5.41) is 6.04. The van der Waals surface area contributed by atoms with Crippen LogP contribution in [0.2, 0.25) is 0 Å². The van der Waals surface area contributed by atoms with Crippen LogP contribution in [-0.2, 0) is 17.7 Å². The van der Waals surface area contributed by atoms with Gasteiger partial charge in [0.05, 0.1) is 18.8 Å². The number of benzene rings is 3. The summed E-state index contributed by atoms with van der Waals surface area (Å²) < 4.78 is 16.2. The fourth-order valence-corrected chi connectivity index (χ4v) is 5.26. The highest BCUT2D eigenvalue weighted by molar-refractivity contribution is 6.06. The molecule has 0 spiro atoms. The molecule has 0 aromatic heterocycles. The molecule has 1 fully saturated rings. The van der Waals surface area contributed by atoms with Crippen LogP contribution in [0.15, 0.2) is 60.7 Å². The van der Waals surface area contributed by atoms with Crippen molar-refractivity contribution >= 4 is 23.2 Å². The highest BCUT2D eigenvalue weighted by Gasteiger charge is 2.23. The number of carbonyl (C=O) groups excluding carboxylic acids is 2. The van der Waals surface area contributed by atoms with Crippen LogP contribution in [0.3, 0.4) is 0 Å². The van der Waals surface area contributed by atoms with E-state index in [2.05, 4.69) is 44.7 Å². The molecule has 3 heterocycles. The smallest absolute Gasteiger partial charge is 0.255 e. The number of hydrogen-bond donors (Lipinski definition) is 2. The van der Waals surface area contributed by atoms with Crippen LogP contribution >= 0.6 is 0 Å². The summed E-state index contributed by atoms with van der Waals surface area (Å²) in [5.74, 6) is 0.724. The van der Waals surface area contributed by atoms with Gasteiger partial charge in [0.15, 0.2) is 11.5 Å². The number of carbonyl (C=O) groups is 2. The molecular weight excluding hydrogens is 496 g/mol. The molecule has 3 aromatic rings. The van der Waals surface area contributed by atoms with Crippen molar-refractivity contribution in [2.45, 2.75) is 13.0 Å². The molecule has 3 aliphatic rings. The van der Waals surface area contributed by atoms with E-state index in [0.29, 0.717) is 34.9 Å². The molecule has 3 aliphatic heterocycles. The molecule has 3 aromatic carbocycles. The van der Waals surface area contributed by atoms with Gasteiger partial charge in [-0.15, -0.1) is 0 Å². The summed E-state index contributed by atoms with van der Waals surface area (Å²) in [6.07, 6.45) is 0.914. The fourth-order valence-electron chi connectivity index (χ4n) is 5.26. The van der Waals surface area contributed by atoms with Gasteiger partial charge in [0.1, 0.15) is 0 Å². The van der Waals surface area contributed by atoms with Gasteiger partial charge in [0, 0.05) is 56.2 Å². The molecule has 2 N–H and O–H groups in total. The lowest BCUT2D eigenvalue weighted by atomic mass is 9.98. The average Bonchev–Trinajstić information content (AvgIpc) is 3.45. The van der Waals surface area contributed by atoms with Crippen molar-refractivity contribution in [2.24, 2.45) is 0 Å². The number of nitrogens with one attached hydrogen (secondary N) is 2. The van der Waals surface area contributed by atoms with Crippen molar-refractivity contribution in [3.8, 4) is 11.5 Å². The van der Waals surface area contributed by atoms with E-state index in [4.69, 9.17) is 14.2 Å². The first-order valence-corrected chi connectivity index (χ1v) is 13.4. The Kier molecular flexibility index (Phi) is 7.33. The van der Waals surface area contributed by atoms with Crippen molar-refractivity contribution < 1.29 is 23.8 Å². The van der Waals surface area contributed by atoms with E-state index in [1.54, 1.807) is 24.3 Å². The van der Waals surface area contributed by atoms with E-state index in [1.165, 1.54) is 11.1 Å². The van der Waals surface area contributed by atoms with Crippen molar-refractivity contribution in [1.29, 1.82) is 0 Å². The highest BCUT2D eigenvalue weighted by Crippen LogP contribution is 2.33. The Balaban J connectivity index is 1.21. The second-order valence-corrected chi connectivity index (χ2v) is 9.90. The zero-order valence-corrected chi connectivity index (χ0v) is 21.8. The zero-order chi connectivity index (χ0) is 26.6. The molecule has 6 rings (SSSR count). The zero-order valence-electron chi connectivity index (χ0n) is 21.8. The van der Waals surface area contributed by atoms with Crippen LogP contribution in [0.5, 0.6) is 11.5 Å². The van der Waals surface area contributed by atoms with E-state index in [9.17, 15) is 9.59 Å². The minimum atomic E-state index is -0.286. The van der Waals surface area contributed by atoms with E-state index in [0.717, 1.165) is 58.0 Å². The number of nitrogens with zero attached hydrogens (tertiary/aromatic N) is 2. The predicted molar refractivity (Wildman–Crippen MR) is 148 cm³/mol. The third-order valence-electron chi connectivity index (χ3n) is 7.42. The maximum absolute atomic E-state index is 13.5. The lowest BCUT2D eigenvalue weighted by Crippen LogP contribution is -2.41. The lowest BCUT2D eigenvalue weighted by molar-refractivity contribution is 0.0383. The number of amides is 2. The lowest BCUT2D eigenvalue weighted by Gasteiger charge is -2.32. The van der Waals surface area contributed by atoms with Crippen molar-refractivity contribution in [2.75, 3.05) is 62.9 Å². The number of anilines is 2. The molecule has 0 atom stereocenters. The largest absolute Gasteiger partial charge is 0.454 e. The predicted octanol–water partition coefficient (Wildman–Crippen LogP) is 3.29. The van der Waals surface area contributed by atoms with Gasteiger partial charge < -0.3 is 29.7 Å². The first kappa shape index (κ1) is 25.2. The Bertz CT molecular complexity index is 1370. The van der Waals surface area contributed by atoms with Gasteiger partial charge in [-0.25, -0.2) is 0 Å². The molecule has 202 valence electrons.